The van der Waals surface area contributed by atoms with E-state index < -0.39 is 15.6 Å². The number of rotatable bonds is 6. The summed E-state index contributed by atoms with van der Waals surface area (Å²) in [6.45, 7) is 0.861. The van der Waals surface area contributed by atoms with E-state index in [1.54, 1.807) is 11.1 Å². The maximum atomic E-state index is 12.4. The number of fused-ring (bicyclic) bond motifs is 1. The van der Waals surface area contributed by atoms with Crippen LogP contribution in [0.3, 0.4) is 0 Å². The van der Waals surface area contributed by atoms with Crippen molar-refractivity contribution in [1.29, 1.82) is 0 Å². The molecule has 0 saturated heterocycles. The first kappa shape index (κ1) is 24.1. The molecule has 1 aliphatic rings. The van der Waals surface area contributed by atoms with Gasteiger partial charge in [0.1, 0.15) is 11.6 Å². The van der Waals surface area contributed by atoms with E-state index in [0.29, 0.717) is 30.4 Å². The molecule has 3 aromatic carbocycles. The predicted molar refractivity (Wildman–Crippen MR) is 143 cm³/mol. The number of imidazole rings is 1. The molecule has 4 aromatic rings. The number of anilines is 2. The zero-order chi connectivity index (χ0) is 25.3. The summed E-state index contributed by atoms with van der Waals surface area (Å²) in [4.78, 5) is 21.9. The van der Waals surface area contributed by atoms with Crippen LogP contribution < -0.4 is 5.32 Å². The minimum absolute atomic E-state index is 0.364. The van der Waals surface area contributed by atoms with Gasteiger partial charge in [0, 0.05) is 36.3 Å². The van der Waals surface area contributed by atoms with E-state index in [9.17, 15) is 13.2 Å². The van der Waals surface area contributed by atoms with E-state index in [2.05, 4.69) is 15.3 Å². The van der Waals surface area contributed by atoms with E-state index in [4.69, 9.17) is 11.6 Å². The van der Waals surface area contributed by atoms with Crippen molar-refractivity contribution < 1.29 is 13.2 Å². The van der Waals surface area contributed by atoms with Crippen molar-refractivity contribution in [3.8, 4) is 22.6 Å². The van der Waals surface area contributed by atoms with E-state index in [1.807, 2.05) is 66.7 Å². The third-order valence-electron chi connectivity index (χ3n) is 6.17. The monoisotopic (exact) mass is 520 g/mol. The molecule has 0 fully saturated rings. The molecule has 7 nitrogen and oxygen atoms in total. The zero-order valence-corrected chi connectivity index (χ0v) is 21.2. The molecule has 2 N–H and O–H groups in total. The fraction of sp³-hybridized carbons (Fsp3) is 0.185. The van der Waals surface area contributed by atoms with Gasteiger partial charge in [-0.05, 0) is 47.4 Å². The summed E-state index contributed by atoms with van der Waals surface area (Å²) in [7, 11) is -3.37. The smallest absolute Gasteiger partial charge is 0.238 e. The number of hydrogen-bond acceptors (Lipinski definition) is 5. The highest BCUT2D eigenvalue weighted by molar-refractivity contribution is 7.91. The number of hydrogen-bond donors (Lipinski definition) is 2. The zero-order valence-electron chi connectivity index (χ0n) is 19.7. The van der Waals surface area contributed by atoms with Crippen LogP contribution >= 0.6 is 11.6 Å². The van der Waals surface area contributed by atoms with Crippen LogP contribution in [0.15, 0.2) is 72.9 Å². The van der Waals surface area contributed by atoms with Gasteiger partial charge in [-0.3, -0.25) is 4.79 Å². The molecule has 0 spiro atoms. The molecule has 5 rings (SSSR count). The lowest BCUT2D eigenvalue weighted by atomic mass is 9.97. The quantitative estimate of drug-likeness (QED) is 0.370. The number of nitrogens with zero attached hydrogens (tertiary/aromatic N) is 2. The fourth-order valence-electron chi connectivity index (χ4n) is 4.42. The van der Waals surface area contributed by atoms with Crippen LogP contribution in [0.25, 0.3) is 22.6 Å². The Balaban J connectivity index is 1.37. The minimum Gasteiger partial charge on any atom is -0.355 e. The number of carbonyl (C=O) groups excluding carboxylic acids is 1. The van der Waals surface area contributed by atoms with Crippen molar-refractivity contribution >= 4 is 38.7 Å². The van der Waals surface area contributed by atoms with E-state index >= 15 is 0 Å². The maximum Gasteiger partial charge on any atom is 0.238 e. The van der Waals surface area contributed by atoms with Crippen molar-refractivity contribution in [2.45, 2.75) is 13.0 Å². The Kier molecular flexibility index (Phi) is 6.55. The summed E-state index contributed by atoms with van der Waals surface area (Å²) >= 11 is 6.53. The van der Waals surface area contributed by atoms with Crippen molar-refractivity contribution in [2.75, 3.05) is 23.9 Å². The van der Waals surface area contributed by atoms with Gasteiger partial charge in [0.05, 0.1) is 16.9 Å². The molecule has 0 radical (unpaired) electrons. The van der Waals surface area contributed by atoms with Crippen LogP contribution in [0.5, 0.6) is 0 Å². The van der Waals surface area contributed by atoms with Gasteiger partial charge in [0.15, 0.2) is 9.84 Å². The average Bonchev–Trinajstić information content (AvgIpc) is 3.35. The van der Waals surface area contributed by atoms with Crippen LogP contribution in [0.1, 0.15) is 11.1 Å². The Morgan fingerprint density at radius 3 is 2.69 bits per heavy atom. The molecule has 0 aliphatic carbocycles. The summed E-state index contributed by atoms with van der Waals surface area (Å²) in [5.74, 6) is -0.151. The Morgan fingerprint density at radius 2 is 1.92 bits per heavy atom. The Bertz CT molecular complexity index is 1530. The standard InChI is InChI=1S/C27H25ClN4O3S/c1-36(34,35)17-26(33)32-13-12-21-19(16-32)8-5-9-24(21)30-20-10-11-23(28)22(14-20)27-29-15-25(31-27)18-6-3-2-4-7-18/h2-11,14-15,30H,12-13,16-17H2,1H3,(H,29,31). The number of benzene rings is 3. The minimum atomic E-state index is -3.37. The first-order chi connectivity index (χ1) is 17.3. The molecule has 9 heteroatoms. The van der Waals surface area contributed by atoms with Gasteiger partial charge >= 0.3 is 0 Å². The second kappa shape index (κ2) is 9.79. The number of nitrogens with one attached hydrogen (secondary N) is 2. The van der Waals surface area contributed by atoms with Crippen LogP contribution in [0.4, 0.5) is 11.4 Å². The van der Waals surface area contributed by atoms with Gasteiger partial charge in [-0.15, -0.1) is 0 Å². The third-order valence-corrected chi connectivity index (χ3v) is 7.27. The molecule has 0 bridgehead atoms. The highest BCUT2D eigenvalue weighted by Crippen LogP contribution is 2.33. The molecule has 1 amide bonds. The average molecular weight is 521 g/mol. The van der Waals surface area contributed by atoms with Crippen LogP contribution in [0, 0.1) is 0 Å². The first-order valence-corrected chi connectivity index (χ1v) is 13.9. The lowest BCUT2D eigenvalue weighted by Gasteiger charge is -2.30. The second-order valence-electron chi connectivity index (χ2n) is 8.91. The number of aromatic nitrogens is 2. The molecule has 1 aliphatic heterocycles. The van der Waals surface area contributed by atoms with Gasteiger partial charge in [-0.2, -0.15) is 0 Å². The predicted octanol–water partition coefficient (Wildman–Crippen LogP) is 5.07. The van der Waals surface area contributed by atoms with Gasteiger partial charge in [0.25, 0.3) is 0 Å². The van der Waals surface area contributed by atoms with E-state index in [-0.39, 0.29) is 5.91 Å². The Hall–Kier alpha value is -3.62. The van der Waals surface area contributed by atoms with Crippen LogP contribution in [-0.2, 0) is 27.6 Å². The van der Waals surface area contributed by atoms with E-state index in [0.717, 1.165) is 45.6 Å². The fourth-order valence-corrected chi connectivity index (χ4v) is 5.26. The van der Waals surface area contributed by atoms with Crippen molar-refractivity contribution in [3.63, 3.8) is 0 Å². The lowest BCUT2D eigenvalue weighted by molar-refractivity contribution is -0.129. The van der Waals surface area contributed by atoms with Gasteiger partial charge in [0.2, 0.25) is 5.91 Å². The molecule has 184 valence electrons. The number of aromatic amines is 1. The summed E-state index contributed by atoms with van der Waals surface area (Å²) in [5.41, 5.74) is 6.65. The molecule has 36 heavy (non-hydrogen) atoms. The van der Waals surface area contributed by atoms with Crippen molar-refractivity contribution in [2.24, 2.45) is 0 Å². The molecule has 1 aromatic heterocycles. The van der Waals surface area contributed by atoms with Gasteiger partial charge in [-0.1, -0.05) is 54.1 Å². The molecule has 0 atom stereocenters. The number of halogens is 1. The molecule has 2 heterocycles. The molecular weight excluding hydrogens is 496 g/mol. The SMILES string of the molecule is CS(=O)(=O)CC(=O)N1CCc2c(cccc2Nc2ccc(Cl)c(-c3ncc(-c4ccccc4)[nH]3)c2)C1. The van der Waals surface area contributed by atoms with Crippen molar-refractivity contribution in [3.05, 3.63) is 89.1 Å². The topological polar surface area (TPSA) is 95.2 Å². The van der Waals surface area contributed by atoms with Crippen LogP contribution in [0.2, 0.25) is 5.02 Å². The maximum absolute atomic E-state index is 12.4. The number of H-pyrrole nitrogens is 1. The normalized spacial score (nSPS) is 13.3. The highest BCUT2D eigenvalue weighted by Gasteiger charge is 2.24. The van der Waals surface area contributed by atoms with Crippen molar-refractivity contribution in [1.82, 2.24) is 14.9 Å². The number of carbonyl (C=O) groups is 1. The number of sulfone groups is 1. The Morgan fingerprint density at radius 1 is 1.11 bits per heavy atom. The van der Waals surface area contributed by atoms with E-state index in [1.165, 1.54) is 0 Å². The first-order valence-electron chi connectivity index (χ1n) is 11.5. The van der Waals surface area contributed by atoms with Gasteiger partial charge < -0.3 is 15.2 Å². The summed E-state index contributed by atoms with van der Waals surface area (Å²) < 4.78 is 23.1. The van der Waals surface area contributed by atoms with Gasteiger partial charge in [-0.25, -0.2) is 13.4 Å². The number of amides is 1. The third kappa shape index (κ3) is 5.29. The molecular formula is C27H25ClN4O3S. The van der Waals surface area contributed by atoms with Crippen LogP contribution in [-0.4, -0.2) is 47.7 Å². The highest BCUT2D eigenvalue weighted by atomic mass is 35.5. The summed E-state index contributed by atoms with van der Waals surface area (Å²) in [6, 6.07) is 21.6. The molecule has 0 unspecified atom stereocenters. The summed E-state index contributed by atoms with van der Waals surface area (Å²) in [5, 5.41) is 4.08. The Labute approximate surface area is 215 Å². The summed E-state index contributed by atoms with van der Waals surface area (Å²) in [6.07, 6.45) is 3.51. The molecule has 0 saturated carbocycles. The largest absolute Gasteiger partial charge is 0.355 e. The second-order valence-corrected chi connectivity index (χ2v) is 11.5. The lowest BCUT2D eigenvalue weighted by Crippen LogP contribution is -2.39.